The van der Waals surface area contributed by atoms with E-state index in [2.05, 4.69) is 224 Å². The Kier molecular flexibility index (Phi) is 7.70. The summed E-state index contributed by atoms with van der Waals surface area (Å²) in [5.74, 6) is 0. The van der Waals surface area contributed by atoms with Crippen LogP contribution in [0.4, 0.5) is 0 Å². The van der Waals surface area contributed by atoms with E-state index in [-0.39, 0.29) is 16.2 Å². The third kappa shape index (κ3) is 5.32. The lowest BCUT2D eigenvalue weighted by Gasteiger charge is -2.23. The van der Waals surface area contributed by atoms with Crippen LogP contribution in [0.25, 0.3) is 98.7 Å². The topological polar surface area (TPSA) is 0 Å². The van der Waals surface area contributed by atoms with E-state index < -0.39 is 0 Å². The number of hydrogen-bond acceptors (Lipinski definition) is 0. The highest BCUT2D eigenvalue weighted by Crippen LogP contribution is 2.52. The van der Waals surface area contributed by atoms with Crippen LogP contribution in [-0.4, -0.2) is 0 Å². The van der Waals surface area contributed by atoms with Gasteiger partial charge in [-0.3, -0.25) is 0 Å². The Morgan fingerprint density at radius 3 is 1.34 bits per heavy atom. The molecule has 0 fully saturated rings. The largest absolute Gasteiger partial charge is 0.0619 e. The molecule has 0 saturated heterocycles. The first-order valence-electron chi connectivity index (χ1n) is 22.3. The van der Waals surface area contributed by atoms with Crippen LogP contribution in [0, 0.1) is 0 Å². The van der Waals surface area contributed by atoms with Crippen LogP contribution in [0.1, 0.15) is 76.3 Å². The Hall–Kier alpha value is -6.76. The van der Waals surface area contributed by atoms with Gasteiger partial charge in [-0.1, -0.05) is 188 Å². The maximum Gasteiger partial charge on any atom is 0.0159 e. The molecule has 10 aromatic carbocycles. The predicted molar refractivity (Wildman–Crippen MR) is 267 cm³/mol. The average Bonchev–Trinajstić information content (AvgIpc) is 3.66. The van der Waals surface area contributed by atoms with Gasteiger partial charge in [0.05, 0.1) is 0 Å². The van der Waals surface area contributed by atoms with E-state index in [9.17, 15) is 0 Å². The second-order valence-electron chi connectivity index (χ2n) is 20.1. The van der Waals surface area contributed by atoms with Gasteiger partial charge in [0.1, 0.15) is 0 Å². The van der Waals surface area contributed by atoms with E-state index in [1.807, 2.05) is 0 Å². The smallest absolute Gasteiger partial charge is 0.0159 e. The molecule has 62 heavy (non-hydrogen) atoms. The van der Waals surface area contributed by atoms with Crippen LogP contribution in [0.3, 0.4) is 0 Å². The maximum absolute atomic E-state index is 2.50. The molecular weight excluding hydrogens is 745 g/mol. The van der Waals surface area contributed by atoms with Crippen LogP contribution in [0.2, 0.25) is 0 Å². The van der Waals surface area contributed by atoms with Crippen LogP contribution < -0.4 is 0 Å². The molecule has 298 valence electrons. The van der Waals surface area contributed by atoms with E-state index in [1.165, 1.54) is 127 Å². The molecule has 2 aliphatic carbocycles. The Morgan fingerprint density at radius 2 is 0.726 bits per heavy atom. The number of benzene rings is 10. The van der Waals surface area contributed by atoms with Crippen LogP contribution in [0.15, 0.2) is 176 Å². The van der Waals surface area contributed by atoms with Crippen LogP contribution >= 0.6 is 0 Å². The second-order valence-corrected chi connectivity index (χ2v) is 20.1. The fourth-order valence-corrected chi connectivity index (χ4v) is 11.3. The van der Waals surface area contributed by atoms with Gasteiger partial charge in [0.25, 0.3) is 0 Å². The molecule has 12 rings (SSSR count). The van der Waals surface area contributed by atoms with Gasteiger partial charge in [-0.2, -0.15) is 0 Å². The number of fused-ring (bicyclic) bond motifs is 12. The summed E-state index contributed by atoms with van der Waals surface area (Å²) in [6.45, 7) is 16.4. The Morgan fingerprint density at radius 1 is 0.290 bits per heavy atom. The van der Waals surface area contributed by atoms with Crippen molar-refractivity contribution in [2.75, 3.05) is 0 Å². The minimum Gasteiger partial charge on any atom is -0.0619 e. The lowest BCUT2D eigenvalue weighted by atomic mass is 9.80. The van der Waals surface area contributed by atoms with Crippen molar-refractivity contribution in [3.8, 4) is 55.6 Å². The monoisotopic (exact) mass is 794 g/mol. The summed E-state index contributed by atoms with van der Waals surface area (Å²) in [7, 11) is 0. The van der Waals surface area contributed by atoms with Gasteiger partial charge in [0, 0.05) is 10.8 Å². The summed E-state index contributed by atoms with van der Waals surface area (Å²) in [5, 5.41) is 10.2. The van der Waals surface area contributed by atoms with Crippen molar-refractivity contribution in [3.05, 3.63) is 204 Å². The minimum atomic E-state index is -0.0844. The highest BCUT2D eigenvalue weighted by atomic mass is 14.4. The Balaban J connectivity index is 1.11. The van der Waals surface area contributed by atoms with Crippen molar-refractivity contribution >= 4 is 43.1 Å². The van der Waals surface area contributed by atoms with Crippen molar-refractivity contribution in [1.82, 2.24) is 0 Å². The van der Waals surface area contributed by atoms with Gasteiger partial charge in [-0.05, 0) is 168 Å². The standard InChI is InChI=1S/C62H50/c1-60(2,3)43-26-22-38-30-37(20-21-39(38)31-43)40-23-27-46-52(42-25-29-50-48-17-11-13-19-57(48)62(6,7)59(50)34-42)35-54-45-15-9-8-14-44(45)51(36-55(54)53(46)32-40)41-24-28-49-47-16-10-12-18-56(47)61(4,5)58(49)33-41/h8-36H,1-7H3. The van der Waals surface area contributed by atoms with Gasteiger partial charge >= 0.3 is 0 Å². The minimum absolute atomic E-state index is 0.0783. The van der Waals surface area contributed by atoms with E-state index in [0.717, 1.165) is 0 Å². The third-order valence-electron chi connectivity index (χ3n) is 14.8. The summed E-state index contributed by atoms with van der Waals surface area (Å²) in [4.78, 5) is 0. The van der Waals surface area contributed by atoms with Crippen molar-refractivity contribution < 1.29 is 0 Å². The fourth-order valence-electron chi connectivity index (χ4n) is 11.3. The van der Waals surface area contributed by atoms with Crippen molar-refractivity contribution in [2.45, 2.75) is 64.7 Å². The Labute approximate surface area is 365 Å². The normalized spacial score (nSPS) is 14.6. The SMILES string of the molecule is CC(C)(C)c1ccc2cc(-c3ccc4c(-c5ccc6c(c5)C(C)(C)c5ccccc5-6)cc5c6ccccc6c(-c6ccc7c(c6)C(C)(C)c6ccccc6-7)cc5c4c3)ccc2c1. The van der Waals surface area contributed by atoms with Crippen LogP contribution in [0.5, 0.6) is 0 Å². The van der Waals surface area contributed by atoms with E-state index in [4.69, 9.17) is 0 Å². The molecule has 0 aromatic heterocycles. The molecule has 0 radical (unpaired) electrons. The van der Waals surface area contributed by atoms with Crippen molar-refractivity contribution in [2.24, 2.45) is 0 Å². The van der Waals surface area contributed by atoms with Crippen molar-refractivity contribution in [3.63, 3.8) is 0 Å². The lowest BCUT2D eigenvalue weighted by Crippen LogP contribution is -2.14. The summed E-state index contributed by atoms with van der Waals surface area (Å²) in [6, 6.07) is 67.6. The summed E-state index contributed by atoms with van der Waals surface area (Å²) >= 11 is 0. The molecule has 0 bridgehead atoms. The molecule has 0 saturated carbocycles. The summed E-state index contributed by atoms with van der Waals surface area (Å²) < 4.78 is 0. The molecule has 0 aliphatic heterocycles. The molecule has 0 N–H and O–H groups in total. The van der Waals surface area contributed by atoms with E-state index >= 15 is 0 Å². The van der Waals surface area contributed by atoms with Gasteiger partial charge in [0.2, 0.25) is 0 Å². The summed E-state index contributed by atoms with van der Waals surface area (Å²) in [6.07, 6.45) is 0. The number of hydrogen-bond donors (Lipinski definition) is 0. The predicted octanol–water partition coefficient (Wildman–Crippen LogP) is 17.2. The molecule has 0 unspecified atom stereocenters. The number of rotatable bonds is 3. The molecule has 0 heterocycles. The highest BCUT2D eigenvalue weighted by molar-refractivity contribution is 6.24. The second kappa shape index (κ2) is 12.9. The first-order valence-corrected chi connectivity index (χ1v) is 22.3. The zero-order chi connectivity index (χ0) is 42.3. The maximum atomic E-state index is 2.50. The zero-order valence-electron chi connectivity index (χ0n) is 36.7. The molecule has 0 atom stereocenters. The van der Waals surface area contributed by atoms with Crippen LogP contribution in [-0.2, 0) is 16.2 Å². The van der Waals surface area contributed by atoms with Gasteiger partial charge in [0.15, 0.2) is 0 Å². The lowest BCUT2D eigenvalue weighted by molar-refractivity contribution is 0.591. The average molecular weight is 795 g/mol. The first-order chi connectivity index (χ1) is 29.9. The molecule has 0 spiro atoms. The highest BCUT2D eigenvalue weighted by Gasteiger charge is 2.37. The molecule has 0 amide bonds. The van der Waals surface area contributed by atoms with Gasteiger partial charge in [-0.25, -0.2) is 0 Å². The van der Waals surface area contributed by atoms with Gasteiger partial charge in [-0.15, -0.1) is 0 Å². The molecule has 10 aromatic rings. The molecular formula is C62H50. The third-order valence-corrected chi connectivity index (χ3v) is 14.8. The fraction of sp³-hybridized carbons (Fsp3) is 0.161. The molecule has 2 aliphatic rings. The van der Waals surface area contributed by atoms with Gasteiger partial charge < -0.3 is 0 Å². The molecule has 0 nitrogen and oxygen atoms in total. The quantitative estimate of drug-likeness (QED) is 0.156. The summed E-state index contributed by atoms with van der Waals surface area (Å²) in [5.41, 5.74) is 19.9. The van der Waals surface area contributed by atoms with E-state index in [1.54, 1.807) is 0 Å². The van der Waals surface area contributed by atoms with E-state index in [0.29, 0.717) is 0 Å². The zero-order valence-corrected chi connectivity index (χ0v) is 36.7. The first kappa shape index (κ1) is 37.0. The van der Waals surface area contributed by atoms with Crippen molar-refractivity contribution in [1.29, 1.82) is 0 Å². The molecule has 0 heteroatoms. The Bertz CT molecular complexity index is 3550.